The second kappa shape index (κ2) is 6.45. The molecule has 0 aliphatic heterocycles. The number of nitrogens with zero attached hydrogens (tertiary/aromatic N) is 1. The summed E-state index contributed by atoms with van der Waals surface area (Å²) in [6.07, 6.45) is 2.82. The molecule has 100 valence electrons. The fourth-order valence-electron chi connectivity index (χ4n) is 1.84. The molecule has 1 amide bonds. The van der Waals surface area contributed by atoms with Crippen molar-refractivity contribution in [3.8, 4) is 0 Å². The first-order chi connectivity index (χ1) is 9.20. The largest absolute Gasteiger partial charge is 0.366 e. The normalized spacial score (nSPS) is 12.3. The molecule has 5 heteroatoms. The maximum Gasteiger partial charge on any atom is 0.248 e. The molecule has 0 saturated carbocycles. The first kappa shape index (κ1) is 13.7. The number of carbonyl (C=O) groups is 1. The molecule has 0 aliphatic carbocycles. The number of benzene rings is 1. The molecule has 2 rings (SSSR count). The third-order valence-electron chi connectivity index (χ3n) is 2.95. The van der Waals surface area contributed by atoms with Crippen LogP contribution in [0, 0.1) is 0 Å². The molecular formula is C14H17N3OS. The van der Waals surface area contributed by atoms with E-state index in [9.17, 15) is 4.79 Å². The molecule has 0 aliphatic rings. The maximum absolute atomic E-state index is 11.0. The van der Waals surface area contributed by atoms with Crippen LogP contribution in [0.2, 0.25) is 0 Å². The van der Waals surface area contributed by atoms with Crippen LogP contribution >= 0.6 is 11.3 Å². The quantitative estimate of drug-likeness (QED) is 0.851. The Kier molecular flexibility index (Phi) is 4.65. The Morgan fingerprint density at radius 1 is 1.42 bits per heavy atom. The summed E-state index contributed by atoms with van der Waals surface area (Å²) >= 11 is 1.66. The zero-order chi connectivity index (χ0) is 13.7. The lowest BCUT2D eigenvalue weighted by molar-refractivity contribution is 0.100. The number of hydrogen-bond acceptors (Lipinski definition) is 4. The molecule has 0 saturated heterocycles. The Bertz CT molecular complexity index is 522. The molecular weight excluding hydrogens is 258 g/mol. The van der Waals surface area contributed by atoms with Crippen LogP contribution in [0.25, 0.3) is 0 Å². The van der Waals surface area contributed by atoms with E-state index in [1.807, 2.05) is 23.7 Å². The molecule has 0 radical (unpaired) electrons. The molecule has 0 bridgehead atoms. The van der Waals surface area contributed by atoms with Crippen molar-refractivity contribution in [2.75, 3.05) is 0 Å². The third kappa shape index (κ3) is 3.62. The Morgan fingerprint density at radius 3 is 2.68 bits per heavy atom. The average molecular weight is 275 g/mol. The van der Waals surface area contributed by atoms with Gasteiger partial charge in [0.25, 0.3) is 0 Å². The number of nitrogens with two attached hydrogens (primary N) is 1. The smallest absolute Gasteiger partial charge is 0.248 e. The van der Waals surface area contributed by atoms with Gasteiger partial charge in [-0.3, -0.25) is 4.79 Å². The summed E-state index contributed by atoms with van der Waals surface area (Å²) in [5.41, 5.74) is 6.87. The van der Waals surface area contributed by atoms with Crippen molar-refractivity contribution in [3.63, 3.8) is 0 Å². The van der Waals surface area contributed by atoms with Crippen LogP contribution in [-0.4, -0.2) is 10.9 Å². The first-order valence-electron chi connectivity index (χ1n) is 6.22. The standard InChI is InChI=1S/C14H17N3OS/c1-2-12(14-16-7-8-19-14)17-9-10-3-5-11(6-4-10)13(15)18/h3-8,12,17H,2,9H2,1H3,(H2,15,18). The molecule has 1 heterocycles. The molecule has 3 N–H and O–H groups in total. The van der Waals surface area contributed by atoms with E-state index in [-0.39, 0.29) is 6.04 Å². The third-order valence-corrected chi connectivity index (χ3v) is 3.84. The van der Waals surface area contributed by atoms with E-state index in [2.05, 4.69) is 17.2 Å². The lowest BCUT2D eigenvalue weighted by Gasteiger charge is -2.14. The van der Waals surface area contributed by atoms with Crippen LogP contribution in [-0.2, 0) is 6.54 Å². The van der Waals surface area contributed by atoms with E-state index in [1.165, 1.54) is 0 Å². The molecule has 19 heavy (non-hydrogen) atoms. The number of rotatable bonds is 6. The molecule has 1 aromatic carbocycles. The molecule has 4 nitrogen and oxygen atoms in total. The van der Waals surface area contributed by atoms with Crippen LogP contribution in [0.5, 0.6) is 0 Å². The van der Waals surface area contributed by atoms with Gasteiger partial charge >= 0.3 is 0 Å². The van der Waals surface area contributed by atoms with Crippen LogP contribution < -0.4 is 11.1 Å². The van der Waals surface area contributed by atoms with Crippen molar-refractivity contribution in [1.29, 1.82) is 0 Å². The first-order valence-corrected chi connectivity index (χ1v) is 7.10. The highest BCUT2D eigenvalue weighted by atomic mass is 32.1. The van der Waals surface area contributed by atoms with Crippen molar-refractivity contribution in [3.05, 3.63) is 52.0 Å². The monoisotopic (exact) mass is 275 g/mol. The van der Waals surface area contributed by atoms with E-state index in [4.69, 9.17) is 5.73 Å². The molecule has 1 atom stereocenters. The van der Waals surface area contributed by atoms with Gasteiger partial charge in [0, 0.05) is 23.7 Å². The lowest BCUT2D eigenvalue weighted by Crippen LogP contribution is -2.20. The summed E-state index contributed by atoms with van der Waals surface area (Å²) in [4.78, 5) is 15.3. The summed E-state index contributed by atoms with van der Waals surface area (Å²) in [7, 11) is 0. The lowest BCUT2D eigenvalue weighted by atomic mass is 10.1. The van der Waals surface area contributed by atoms with E-state index in [0.717, 1.165) is 23.5 Å². The minimum absolute atomic E-state index is 0.274. The topological polar surface area (TPSA) is 68.0 Å². The van der Waals surface area contributed by atoms with E-state index >= 15 is 0 Å². The SMILES string of the molecule is CCC(NCc1ccc(C(N)=O)cc1)c1nccs1. The Balaban J connectivity index is 1.96. The zero-order valence-electron chi connectivity index (χ0n) is 10.8. The Hall–Kier alpha value is -1.72. The summed E-state index contributed by atoms with van der Waals surface area (Å²) in [5.74, 6) is -0.395. The molecule has 2 aromatic rings. The number of carbonyl (C=O) groups excluding carboxylic acids is 1. The summed E-state index contributed by atoms with van der Waals surface area (Å²) in [5, 5.41) is 6.56. The van der Waals surface area contributed by atoms with Gasteiger partial charge in [-0.15, -0.1) is 11.3 Å². The van der Waals surface area contributed by atoms with Crippen molar-refractivity contribution in [2.24, 2.45) is 5.73 Å². The van der Waals surface area contributed by atoms with Gasteiger partial charge in [-0.05, 0) is 24.1 Å². The number of aromatic nitrogens is 1. The average Bonchev–Trinajstić information content (AvgIpc) is 2.94. The highest BCUT2D eigenvalue weighted by molar-refractivity contribution is 7.09. The predicted octanol–water partition coefficient (Wildman–Crippen LogP) is 2.48. The summed E-state index contributed by atoms with van der Waals surface area (Å²) in [6.45, 7) is 2.88. The predicted molar refractivity (Wildman–Crippen MR) is 76.9 cm³/mol. The fraction of sp³-hybridized carbons (Fsp3) is 0.286. The van der Waals surface area contributed by atoms with Gasteiger partial charge in [0.2, 0.25) is 5.91 Å². The Labute approximate surface area is 116 Å². The highest BCUT2D eigenvalue weighted by Crippen LogP contribution is 2.19. The summed E-state index contributed by atoms with van der Waals surface area (Å²) in [6, 6.07) is 7.62. The molecule has 1 unspecified atom stereocenters. The Morgan fingerprint density at radius 2 is 2.16 bits per heavy atom. The van der Waals surface area contributed by atoms with E-state index < -0.39 is 5.91 Å². The number of thiazole rings is 1. The fourth-order valence-corrected chi connectivity index (χ4v) is 2.64. The van der Waals surface area contributed by atoms with Gasteiger partial charge in [-0.25, -0.2) is 4.98 Å². The van der Waals surface area contributed by atoms with Gasteiger partial charge in [-0.1, -0.05) is 19.1 Å². The minimum Gasteiger partial charge on any atom is -0.366 e. The van der Waals surface area contributed by atoms with Gasteiger partial charge < -0.3 is 11.1 Å². The minimum atomic E-state index is -0.395. The van der Waals surface area contributed by atoms with Crippen LogP contribution in [0.15, 0.2) is 35.8 Å². The second-order valence-corrected chi connectivity index (χ2v) is 5.20. The van der Waals surface area contributed by atoms with Crippen molar-refractivity contribution >= 4 is 17.2 Å². The van der Waals surface area contributed by atoms with Crippen LogP contribution in [0.1, 0.15) is 40.3 Å². The van der Waals surface area contributed by atoms with Gasteiger partial charge in [-0.2, -0.15) is 0 Å². The second-order valence-electron chi connectivity index (χ2n) is 4.27. The van der Waals surface area contributed by atoms with Gasteiger partial charge in [0.1, 0.15) is 5.01 Å². The van der Waals surface area contributed by atoms with Crippen LogP contribution in [0.3, 0.4) is 0 Å². The van der Waals surface area contributed by atoms with Gasteiger partial charge in [0.05, 0.1) is 6.04 Å². The number of nitrogens with one attached hydrogen (secondary N) is 1. The number of primary amides is 1. The van der Waals surface area contributed by atoms with Crippen molar-refractivity contribution in [1.82, 2.24) is 10.3 Å². The maximum atomic E-state index is 11.0. The van der Waals surface area contributed by atoms with E-state index in [1.54, 1.807) is 23.5 Å². The molecule has 0 fully saturated rings. The number of amides is 1. The van der Waals surface area contributed by atoms with Crippen LogP contribution in [0.4, 0.5) is 0 Å². The van der Waals surface area contributed by atoms with E-state index in [0.29, 0.717) is 5.56 Å². The van der Waals surface area contributed by atoms with Crippen molar-refractivity contribution < 1.29 is 4.79 Å². The molecule has 0 spiro atoms. The van der Waals surface area contributed by atoms with Gasteiger partial charge in [0.15, 0.2) is 0 Å². The number of hydrogen-bond donors (Lipinski definition) is 2. The zero-order valence-corrected chi connectivity index (χ0v) is 11.6. The molecule has 1 aromatic heterocycles. The highest BCUT2D eigenvalue weighted by Gasteiger charge is 2.10. The summed E-state index contributed by atoms with van der Waals surface area (Å²) < 4.78 is 0. The van der Waals surface area contributed by atoms with Crippen molar-refractivity contribution in [2.45, 2.75) is 25.9 Å².